The van der Waals surface area contributed by atoms with Gasteiger partial charge in [-0.15, -0.1) is 0 Å². The monoisotopic (exact) mass is 478 g/mol. The van der Waals surface area contributed by atoms with E-state index in [1.807, 2.05) is 70.9 Å². The Hall–Kier alpha value is -2.93. The van der Waals surface area contributed by atoms with Gasteiger partial charge in [-0.3, -0.25) is 9.47 Å². The predicted octanol–water partition coefficient (Wildman–Crippen LogP) is 6.34. The third kappa shape index (κ3) is 5.53. The lowest BCUT2D eigenvalue weighted by Crippen LogP contribution is -2.22. The fourth-order valence-corrected chi connectivity index (χ4v) is 4.39. The molecule has 1 aromatic heterocycles. The molecule has 7 heteroatoms. The van der Waals surface area contributed by atoms with E-state index in [0.717, 1.165) is 45.5 Å². The van der Waals surface area contributed by atoms with Gasteiger partial charge in [0.05, 0.1) is 6.67 Å². The molecule has 0 amide bonds. The largest absolute Gasteiger partial charge is 0.485 e. The van der Waals surface area contributed by atoms with Crippen molar-refractivity contribution >= 4 is 23.8 Å². The van der Waals surface area contributed by atoms with Gasteiger partial charge in [-0.25, -0.2) is 4.68 Å². The molecule has 1 heterocycles. The molecule has 4 aromatic rings. The average molecular weight is 479 g/mol. The van der Waals surface area contributed by atoms with Crippen LogP contribution < -0.4 is 4.74 Å². The molecule has 0 radical (unpaired) electrons. The summed E-state index contributed by atoms with van der Waals surface area (Å²) in [7, 11) is 2.04. The second-order valence-electron chi connectivity index (χ2n) is 8.16. The Bertz CT molecular complexity index is 1280. The van der Waals surface area contributed by atoms with Gasteiger partial charge in [0, 0.05) is 17.3 Å². The van der Waals surface area contributed by atoms with E-state index in [1.54, 1.807) is 0 Å². The molecule has 0 aliphatic carbocycles. The minimum Gasteiger partial charge on any atom is -0.485 e. The molecule has 0 atom stereocenters. The fourth-order valence-electron chi connectivity index (χ4n) is 3.86. The second-order valence-corrected chi connectivity index (χ2v) is 8.97. The Morgan fingerprint density at radius 1 is 0.970 bits per heavy atom. The first-order chi connectivity index (χ1) is 15.9. The third-order valence-electron chi connectivity index (χ3n) is 5.39. The lowest BCUT2D eigenvalue weighted by Gasteiger charge is -2.16. The van der Waals surface area contributed by atoms with Gasteiger partial charge in [-0.2, -0.15) is 5.10 Å². The van der Waals surface area contributed by atoms with Crippen molar-refractivity contribution in [2.75, 3.05) is 7.05 Å². The van der Waals surface area contributed by atoms with Crippen LogP contribution in [0.3, 0.4) is 0 Å². The van der Waals surface area contributed by atoms with Crippen molar-refractivity contribution in [1.29, 1.82) is 0 Å². The number of hydrogen-bond acceptors (Lipinski definition) is 4. The Morgan fingerprint density at radius 3 is 2.36 bits per heavy atom. The van der Waals surface area contributed by atoms with Crippen molar-refractivity contribution in [2.45, 2.75) is 33.7 Å². The maximum Gasteiger partial charge on any atom is 0.203 e. The van der Waals surface area contributed by atoms with E-state index in [9.17, 15) is 0 Å². The molecule has 0 saturated heterocycles. The van der Waals surface area contributed by atoms with Crippen LogP contribution in [-0.2, 0) is 19.8 Å². The number of hydrogen-bond donors (Lipinski definition) is 0. The minimum absolute atomic E-state index is 0.315. The van der Waals surface area contributed by atoms with Crippen LogP contribution in [-0.4, -0.2) is 26.3 Å². The molecule has 0 fully saturated rings. The maximum atomic E-state index is 6.23. The summed E-state index contributed by atoms with van der Waals surface area (Å²) >= 11 is 12.0. The van der Waals surface area contributed by atoms with Gasteiger partial charge < -0.3 is 4.74 Å². The molecular formula is C26H27ClN4OS. The first kappa shape index (κ1) is 23.2. The Kier molecular flexibility index (Phi) is 7.28. The smallest absolute Gasteiger partial charge is 0.203 e. The minimum atomic E-state index is 0.315. The molecule has 0 spiro atoms. The molecule has 0 bridgehead atoms. The van der Waals surface area contributed by atoms with E-state index in [1.165, 1.54) is 0 Å². The number of rotatable bonds is 8. The van der Waals surface area contributed by atoms with Crippen molar-refractivity contribution in [2.24, 2.45) is 0 Å². The van der Waals surface area contributed by atoms with E-state index in [4.69, 9.17) is 33.7 Å². The zero-order chi connectivity index (χ0) is 23.4. The summed E-state index contributed by atoms with van der Waals surface area (Å²) in [5.74, 6) is 1.64. The number of ether oxygens (including phenoxy) is 1. The number of benzene rings is 3. The van der Waals surface area contributed by atoms with Crippen LogP contribution >= 0.6 is 23.8 Å². The first-order valence-electron chi connectivity index (χ1n) is 10.8. The van der Waals surface area contributed by atoms with Crippen LogP contribution in [0.5, 0.6) is 5.75 Å². The summed E-state index contributed by atoms with van der Waals surface area (Å²) < 4.78 is 10.7. The van der Waals surface area contributed by atoms with Gasteiger partial charge in [-0.1, -0.05) is 60.1 Å². The van der Waals surface area contributed by atoms with Crippen LogP contribution in [0.4, 0.5) is 0 Å². The molecule has 4 rings (SSSR count). The third-order valence-corrected chi connectivity index (χ3v) is 6.02. The highest BCUT2D eigenvalue weighted by molar-refractivity contribution is 7.71. The van der Waals surface area contributed by atoms with Gasteiger partial charge >= 0.3 is 0 Å². The maximum absolute atomic E-state index is 6.23. The summed E-state index contributed by atoms with van der Waals surface area (Å²) in [6.45, 7) is 5.69. The number of halogens is 1. The fraction of sp³-hybridized carbons (Fsp3) is 0.231. The zero-order valence-electron chi connectivity index (χ0n) is 19.0. The normalized spacial score (nSPS) is 11.2. The van der Waals surface area contributed by atoms with Crippen LogP contribution in [0.15, 0.2) is 72.8 Å². The molecule has 0 N–H and O–H groups in total. The van der Waals surface area contributed by atoms with Crippen molar-refractivity contribution in [3.63, 3.8) is 0 Å². The standard InChI is InChI=1S/C26H27ClN4OS/c1-19-9-7-10-20(2)25(19)32-17-24-28-30(26(33)31(24)23-13-5-4-6-14-23)18-29(3)16-21-11-8-12-22(27)15-21/h4-15H,16-18H2,1-3H3. The van der Waals surface area contributed by atoms with Crippen LogP contribution in [0.2, 0.25) is 5.02 Å². The van der Waals surface area contributed by atoms with Crippen LogP contribution in [0, 0.1) is 18.6 Å². The van der Waals surface area contributed by atoms with Crippen molar-refractivity contribution in [3.05, 3.63) is 105 Å². The lowest BCUT2D eigenvalue weighted by atomic mass is 10.1. The highest BCUT2D eigenvalue weighted by Crippen LogP contribution is 2.24. The molecule has 0 aliphatic heterocycles. The summed E-state index contributed by atoms with van der Waals surface area (Å²) in [6.07, 6.45) is 0. The van der Waals surface area contributed by atoms with Crippen LogP contribution in [0.25, 0.3) is 5.69 Å². The first-order valence-corrected chi connectivity index (χ1v) is 11.6. The molecule has 5 nitrogen and oxygen atoms in total. The van der Waals surface area contributed by atoms with E-state index < -0.39 is 0 Å². The van der Waals surface area contributed by atoms with E-state index in [0.29, 0.717) is 18.0 Å². The van der Waals surface area contributed by atoms with Crippen molar-refractivity contribution in [1.82, 2.24) is 19.2 Å². The van der Waals surface area contributed by atoms with Gasteiger partial charge in [0.1, 0.15) is 12.4 Å². The van der Waals surface area contributed by atoms with Gasteiger partial charge in [0.25, 0.3) is 0 Å². The van der Waals surface area contributed by atoms with Crippen molar-refractivity contribution in [3.8, 4) is 11.4 Å². The molecular weight excluding hydrogens is 452 g/mol. The molecule has 170 valence electrons. The number of nitrogens with zero attached hydrogens (tertiary/aromatic N) is 4. The van der Waals surface area contributed by atoms with E-state index >= 15 is 0 Å². The lowest BCUT2D eigenvalue weighted by molar-refractivity contribution is 0.240. The topological polar surface area (TPSA) is 35.2 Å². The van der Waals surface area contributed by atoms with Gasteiger partial charge in [0.15, 0.2) is 5.82 Å². The SMILES string of the molecule is Cc1cccc(C)c1OCc1nn(CN(C)Cc2cccc(Cl)c2)c(=S)n1-c1ccccc1. The second kappa shape index (κ2) is 10.3. The zero-order valence-corrected chi connectivity index (χ0v) is 20.6. The molecule has 0 saturated carbocycles. The molecule has 0 unspecified atom stereocenters. The molecule has 33 heavy (non-hydrogen) atoms. The summed E-state index contributed by atoms with van der Waals surface area (Å²) in [5, 5.41) is 5.58. The van der Waals surface area contributed by atoms with Crippen LogP contribution in [0.1, 0.15) is 22.5 Å². The summed E-state index contributed by atoms with van der Waals surface area (Å²) in [4.78, 5) is 2.15. The predicted molar refractivity (Wildman–Crippen MR) is 136 cm³/mol. The number of aromatic nitrogens is 3. The highest BCUT2D eigenvalue weighted by Gasteiger charge is 2.15. The molecule has 0 aliphatic rings. The average Bonchev–Trinajstić information content (AvgIpc) is 3.08. The van der Waals surface area contributed by atoms with Gasteiger partial charge in [-0.05, 0) is 74.1 Å². The van der Waals surface area contributed by atoms with E-state index in [-0.39, 0.29) is 0 Å². The highest BCUT2D eigenvalue weighted by atomic mass is 35.5. The quantitative estimate of drug-likeness (QED) is 0.277. The Balaban J connectivity index is 1.62. The molecule has 3 aromatic carbocycles. The Morgan fingerprint density at radius 2 is 1.67 bits per heavy atom. The summed E-state index contributed by atoms with van der Waals surface area (Å²) in [6, 6.07) is 24.1. The summed E-state index contributed by atoms with van der Waals surface area (Å²) in [5.41, 5.74) is 4.30. The van der Waals surface area contributed by atoms with Crippen molar-refractivity contribution < 1.29 is 4.74 Å². The van der Waals surface area contributed by atoms with E-state index in [2.05, 4.69) is 36.9 Å². The Labute approximate surface area is 204 Å². The number of para-hydroxylation sites is 2. The van der Waals surface area contributed by atoms with Gasteiger partial charge in [0.2, 0.25) is 4.77 Å². The number of aryl methyl sites for hydroxylation is 2.